The Labute approximate surface area is 124 Å². The summed E-state index contributed by atoms with van der Waals surface area (Å²) in [5.74, 6) is 0. The fourth-order valence-corrected chi connectivity index (χ4v) is 2.67. The zero-order chi connectivity index (χ0) is 15.7. The smallest absolute Gasteiger partial charge is 0.299 e. The molecule has 1 aliphatic rings. The van der Waals surface area contributed by atoms with Gasteiger partial charge in [0.25, 0.3) is 11.4 Å². The van der Waals surface area contributed by atoms with Gasteiger partial charge in [0, 0.05) is 17.8 Å². The molecule has 9 heteroatoms. The van der Waals surface area contributed by atoms with Gasteiger partial charge in [0.05, 0.1) is 22.1 Å². The van der Waals surface area contributed by atoms with Crippen LogP contribution >= 0.6 is 0 Å². The number of aromatic amines is 1. The molecule has 2 aromatic rings. The second-order valence-corrected chi connectivity index (χ2v) is 5.17. The topological polar surface area (TPSA) is 127 Å². The quantitative estimate of drug-likeness (QED) is 0.658. The van der Waals surface area contributed by atoms with Gasteiger partial charge < -0.3 is 5.32 Å². The van der Waals surface area contributed by atoms with Gasteiger partial charge in [-0.15, -0.1) is 0 Å². The van der Waals surface area contributed by atoms with Gasteiger partial charge in [-0.1, -0.05) is 0 Å². The number of nitrogens with one attached hydrogen (secondary N) is 2. The summed E-state index contributed by atoms with van der Waals surface area (Å²) < 4.78 is 0. The highest BCUT2D eigenvalue weighted by molar-refractivity contribution is 5.65. The number of H-pyrrole nitrogens is 1. The molecule has 0 spiro atoms. The standard InChI is InChI=1S/C13H13N5O4/c19-17(20)10-2-4-12(13(6-10)18(21)22)15-9-1-3-11-8(5-9)7-14-16-11/h2,4,6-7,9,15H,1,3,5H2,(H,14,16). The third kappa shape index (κ3) is 2.60. The molecule has 9 nitrogen and oxygen atoms in total. The third-order valence-corrected chi connectivity index (χ3v) is 3.77. The van der Waals surface area contributed by atoms with Crippen LogP contribution in [0.4, 0.5) is 17.1 Å². The van der Waals surface area contributed by atoms with Crippen LogP contribution in [-0.4, -0.2) is 26.1 Å². The molecular weight excluding hydrogens is 290 g/mol. The van der Waals surface area contributed by atoms with Gasteiger partial charge >= 0.3 is 0 Å². The van der Waals surface area contributed by atoms with Gasteiger partial charge in [0.1, 0.15) is 5.69 Å². The van der Waals surface area contributed by atoms with E-state index in [9.17, 15) is 20.2 Å². The van der Waals surface area contributed by atoms with Crippen LogP contribution in [0, 0.1) is 20.2 Å². The summed E-state index contributed by atoms with van der Waals surface area (Å²) in [6.07, 6.45) is 4.09. The molecule has 1 heterocycles. The Hall–Kier alpha value is -2.97. The Morgan fingerprint density at radius 1 is 1.27 bits per heavy atom. The van der Waals surface area contributed by atoms with Gasteiger partial charge in [-0.25, -0.2) is 0 Å². The highest BCUT2D eigenvalue weighted by Gasteiger charge is 2.24. The van der Waals surface area contributed by atoms with Gasteiger partial charge in [-0.3, -0.25) is 25.3 Å². The number of aryl methyl sites for hydroxylation is 1. The summed E-state index contributed by atoms with van der Waals surface area (Å²) in [5, 5.41) is 31.9. The first-order chi connectivity index (χ1) is 10.5. The number of nitrogens with zero attached hydrogens (tertiary/aromatic N) is 3. The average molecular weight is 303 g/mol. The fraction of sp³-hybridized carbons (Fsp3) is 0.308. The molecule has 0 fully saturated rings. The zero-order valence-electron chi connectivity index (χ0n) is 11.5. The zero-order valence-corrected chi connectivity index (χ0v) is 11.5. The predicted octanol–water partition coefficient (Wildman–Crippen LogP) is 2.20. The molecule has 0 bridgehead atoms. The van der Waals surface area contributed by atoms with Crippen LogP contribution in [0.3, 0.4) is 0 Å². The van der Waals surface area contributed by atoms with Crippen LogP contribution in [0.5, 0.6) is 0 Å². The minimum atomic E-state index is -0.644. The van der Waals surface area contributed by atoms with E-state index in [0.29, 0.717) is 12.1 Å². The molecule has 0 amide bonds. The van der Waals surface area contributed by atoms with Crippen molar-refractivity contribution in [2.45, 2.75) is 25.3 Å². The number of fused-ring (bicyclic) bond motifs is 1. The molecule has 22 heavy (non-hydrogen) atoms. The van der Waals surface area contributed by atoms with E-state index in [-0.39, 0.29) is 17.4 Å². The van der Waals surface area contributed by atoms with Crippen molar-refractivity contribution in [2.24, 2.45) is 0 Å². The lowest BCUT2D eigenvalue weighted by molar-refractivity contribution is -0.393. The summed E-state index contributed by atoms with van der Waals surface area (Å²) in [5.41, 5.74) is 1.90. The van der Waals surface area contributed by atoms with Crippen LogP contribution in [0.2, 0.25) is 0 Å². The largest absolute Gasteiger partial charge is 0.376 e. The van der Waals surface area contributed by atoms with Gasteiger partial charge in [-0.2, -0.15) is 5.10 Å². The van der Waals surface area contributed by atoms with E-state index in [4.69, 9.17) is 0 Å². The van der Waals surface area contributed by atoms with E-state index in [1.807, 2.05) is 0 Å². The van der Waals surface area contributed by atoms with Crippen molar-refractivity contribution in [1.29, 1.82) is 0 Å². The molecular formula is C13H13N5O4. The molecule has 3 rings (SSSR count). The molecule has 1 aromatic heterocycles. The minimum absolute atomic E-state index is 0.0326. The molecule has 1 atom stereocenters. The van der Waals surface area contributed by atoms with Crippen molar-refractivity contribution in [2.75, 3.05) is 5.32 Å². The monoisotopic (exact) mass is 303 g/mol. The average Bonchev–Trinajstić information content (AvgIpc) is 2.94. The van der Waals surface area contributed by atoms with Crippen LogP contribution < -0.4 is 5.32 Å². The highest BCUT2D eigenvalue weighted by atomic mass is 16.6. The Balaban J connectivity index is 1.83. The van der Waals surface area contributed by atoms with E-state index < -0.39 is 9.85 Å². The summed E-state index contributed by atoms with van der Waals surface area (Å²) in [6, 6.07) is 3.67. The third-order valence-electron chi connectivity index (χ3n) is 3.77. The molecule has 0 saturated carbocycles. The molecule has 114 valence electrons. The first-order valence-electron chi connectivity index (χ1n) is 6.75. The number of rotatable bonds is 4. The first-order valence-corrected chi connectivity index (χ1v) is 6.75. The molecule has 1 aromatic carbocycles. The molecule has 0 saturated heterocycles. The fourth-order valence-electron chi connectivity index (χ4n) is 2.67. The van der Waals surface area contributed by atoms with Crippen molar-refractivity contribution in [3.63, 3.8) is 0 Å². The lowest BCUT2D eigenvalue weighted by Gasteiger charge is -2.23. The number of nitro benzene ring substituents is 2. The predicted molar refractivity (Wildman–Crippen MR) is 77.8 cm³/mol. The van der Waals surface area contributed by atoms with Crippen molar-refractivity contribution in [1.82, 2.24) is 10.2 Å². The first kappa shape index (κ1) is 14.0. The lowest BCUT2D eigenvalue weighted by atomic mass is 9.93. The van der Waals surface area contributed by atoms with E-state index in [0.717, 1.165) is 30.2 Å². The van der Waals surface area contributed by atoms with Gasteiger partial charge in [0.15, 0.2) is 0 Å². The molecule has 1 aliphatic carbocycles. The lowest BCUT2D eigenvalue weighted by Crippen LogP contribution is -2.27. The maximum atomic E-state index is 11.1. The number of nitro groups is 2. The van der Waals surface area contributed by atoms with E-state index >= 15 is 0 Å². The van der Waals surface area contributed by atoms with Crippen LogP contribution in [0.1, 0.15) is 17.7 Å². The van der Waals surface area contributed by atoms with Gasteiger partial charge in [-0.05, 0) is 30.9 Å². The Kier molecular flexibility index (Phi) is 3.45. The van der Waals surface area contributed by atoms with Crippen LogP contribution in [0.15, 0.2) is 24.4 Å². The van der Waals surface area contributed by atoms with Crippen LogP contribution in [-0.2, 0) is 12.8 Å². The molecule has 1 unspecified atom stereocenters. The maximum absolute atomic E-state index is 11.1. The maximum Gasteiger partial charge on any atom is 0.299 e. The molecule has 0 aliphatic heterocycles. The van der Waals surface area contributed by atoms with Crippen molar-refractivity contribution in [3.05, 3.63) is 55.9 Å². The number of anilines is 1. The van der Waals surface area contributed by atoms with Crippen molar-refractivity contribution < 1.29 is 9.85 Å². The molecule has 0 radical (unpaired) electrons. The van der Waals surface area contributed by atoms with E-state index in [2.05, 4.69) is 15.5 Å². The summed E-state index contributed by atoms with van der Waals surface area (Å²) in [6.45, 7) is 0. The Morgan fingerprint density at radius 3 is 2.82 bits per heavy atom. The number of benzene rings is 1. The number of non-ortho nitro benzene ring substituents is 1. The summed E-state index contributed by atoms with van der Waals surface area (Å²) in [4.78, 5) is 20.6. The van der Waals surface area contributed by atoms with Crippen LogP contribution in [0.25, 0.3) is 0 Å². The minimum Gasteiger partial charge on any atom is -0.376 e. The second-order valence-electron chi connectivity index (χ2n) is 5.17. The Morgan fingerprint density at radius 2 is 2.09 bits per heavy atom. The SMILES string of the molecule is O=[N+]([O-])c1ccc(NC2CCc3[nH]ncc3C2)c([N+](=O)[O-])c1. The highest BCUT2D eigenvalue weighted by Crippen LogP contribution is 2.31. The van der Waals surface area contributed by atoms with E-state index in [1.165, 1.54) is 12.1 Å². The van der Waals surface area contributed by atoms with Crippen molar-refractivity contribution in [3.8, 4) is 0 Å². The second kappa shape index (κ2) is 5.43. The summed E-state index contributed by atoms with van der Waals surface area (Å²) in [7, 11) is 0. The number of aromatic nitrogens is 2. The van der Waals surface area contributed by atoms with Gasteiger partial charge in [0.2, 0.25) is 0 Å². The van der Waals surface area contributed by atoms with E-state index in [1.54, 1.807) is 6.20 Å². The normalized spacial score (nSPS) is 16.8. The molecule has 2 N–H and O–H groups in total. The van der Waals surface area contributed by atoms with Crippen molar-refractivity contribution >= 4 is 17.1 Å². The number of hydrogen-bond acceptors (Lipinski definition) is 6. The number of hydrogen-bond donors (Lipinski definition) is 2. The summed E-state index contributed by atoms with van der Waals surface area (Å²) >= 11 is 0. The Bertz CT molecular complexity index is 742.